The van der Waals surface area contributed by atoms with Gasteiger partial charge in [-0.2, -0.15) is 5.26 Å². The highest BCUT2D eigenvalue weighted by molar-refractivity contribution is 5.99. The topological polar surface area (TPSA) is 55.7 Å². The predicted octanol–water partition coefficient (Wildman–Crippen LogP) is 7.85. The number of hydrogen-bond donors (Lipinski definition) is 1. The molecule has 2 aromatic heterocycles. The van der Waals surface area contributed by atoms with Crippen molar-refractivity contribution in [3.05, 3.63) is 103 Å². The highest BCUT2D eigenvalue weighted by Gasteiger charge is 2.30. The van der Waals surface area contributed by atoms with Crippen molar-refractivity contribution in [2.45, 2.75) is 31.7 Å². The van der Waals surface area contributed by atoms with Crippen LogP contribution in [0, 0.1) is 11.3 Å². The van der Waals surface area contributed by atoms with Crippen molar-refractivity contribution in [2.75, 3.05) is 4.90 Å². The summed E-state index contributed by atoms with van der Waals surface area (Å²) >= 11 is 0. The van der Waals surface area contributed by atoms with Gasteiger partial charge in [0.05, 0.1) is 16.9 Å². The molecule has 1 fully saturated rings. The smallest absolute Gasteiger partial charge is 0.103 e. The van der Waals surface area contributed by atoms with E-state index in [4.69, 9.17) is 0 Å². The molecule has 4 heteroatoms. The summed E-state index contributed by atoms with van der Waals surface area (Å²) in [4.78, 5) is 10.3. The molecular formula is C31H26N4. The molecule has 0 bridgehead atoms. The van der Waals surface area contributed by atoms with Gasteiger partial charge in [0.15, 0.2) is 0 Å². The normalized spacial score (nSPS) is 13.7. The number of anilines is 2. The van der Waals surface area contributed by atoms with E-state index in [2.05, 4.69) is 93.7 Å². The van der Waals surface area contributed by atoms with Crippen molar-refractivity contribution in [3.63, 3.8) is 0 Å². The minimum Gasteiger partial charge on any atom is -0.361 e. The average Bonchev–Trinajstić information content (AvgIpc) is 3.62. The Morgan fingerprint density at radius 3 is 2.37 bits per heavy atom. The van der Waals surface area contributed by atoms with Crippen LogP contribution < -0.4 is 4.90 Å². The molecule has 4 nitrogen and oxygen atoms in total. The fourth-order valence-electron chi connectivity index (χ4n) is 5.52. The lowest BCUT2D eigenvalue weighted by Gasteiger charge is -2.34. The number of nitriles is 1. The zero-order chi connectivity index (χ0) is 23.6. The van der Waals surface area contributed by atoms with Crippen molar-refractivity contribution in [1.82, 2.24) is 9.97 Å². The number of pyridine rings is 1. The Hall–Kier alpha value is -4.36. The summed E-state index contributed by atoms with van der Waals surface area (Å²) < 4.78 is 0. The second-order valence-corrected chi connectivity index (χ2v) is 9.13. The van der Waals surface area contributed by atoms with Crippen LogP contribution in [0.5, 0.6) is 0 Å². The molecule has 1 saturated carbocycles. The number of aromatic nitrogens is 2. The second-order valence-electron chi connectivity index (χ2n) is 9.13. The lowest BCUT2D eigenvalue weighted by atomic mass is 9.92. The molecule has 0 atom stereocenters. The molecule has 2 heterocycles. The molecule has 0 aliphatic heterocycles. The third-order valence-corrected chi connectivity index (χ3v) is 7.10. The fourth-order valence-corrected chi connectivity index (χ4v) is 5.52. The summed E-state index contributed by atoms with van der Waals surface area (Å²) in [6, 6.07) is 30.2. The predicted molar refractivity (Wildman–Crippen MR) is 143 cm³/mol. The second kappa shape index (κ2) is 9.12. The van der Waals surface area contributed by atoms with Crippen molar-refractivity contribution in [3.8, 4) is 28.3 Å². The molecule has 6 rings (SSSR count). The van der Waals surface area contributed by atoms with Gasteiger partial charge in [-0.3, -0.25) is 4.98 Å². The highest BCUT2D eigenvalue weighted by Crippen LogP contribution is 2.46. The Labute approximate surface area is 205 Å². The number of hydrogen-bond acceptors (Lipinski definition) is 3. The van der Waals surface area contributed by atoms with Crippen molar-refractivity contribution >= 4 is 22.3 Å². The highest BCUT2D eigenvalue weighted by atomic mass is 15.2. The number of nitrogens with zero attached hydrogens (tertiary/aromatic N) is 3. The summed E-state index contributed by atoms with van der Waals surface area (Å²) in [6.07, 6.45) is 10.2. The lowest BCUT2D eigenvalue weighted by Crippen LogP contribution is -2.30. The van der Waals surface area contributed by atoms with Crippen LogP contribution in [0.15, 0.2) is 97.5 Å². The van der Waals surface area contributed by atoms with Crippen LogP contribution in [0.2, 0.25) is 0 Å². The quantitative estimate of drug-likeness (QED) is 0.294. The number of H-pyrrole nitrogens is 1. The Balaban J connectivity index is 1.64. The molecule has 35 heavy (non-hydrogen) atoms. The van der Waals surface area contributed by atoms with Crippen molar-refractivity contribution < 1.29 is 0 Å². The third kappa shape index (κ3) is 3.76. The number of aromatic amines is 1. The first-order chi connectivity index (χ1) is 17.3. The van der Waals surface area contributed by atoms with E-state index in [1.54, 1.807) is 6.20 Å². The van der Waals surface area contributed by atoms with E-state index in [0.717, 1.165) is 52.0 Å². The number of nitrogens with one attached hydrogen (secondary N) is 1. The Morgan fingerprint density at radius 1 is 0.800 bits per heavy atom. The van der Waals surface area contributed by atoms with Crippen molar-refractivity contribution in [2.24, 2.45) is 0 Å². The van der Waals surface area contributed by atoms with Crippen LogP contribution in [0.25, 0.3) is 33.2 Å². The zero-order valence-electron chi connectivity index (χ0n) is 19.5. The molecule has 1 aliphatic rings. The minimum atomic E-state index is 0.327. The maximum absolute atomic E-state index is 10.3. The maximum Gasteiger partial charge on any atom is 0.103 e. The molecule has 1 N–H and O–H groups in total. The first-order valence-electron chi connectivity index (χ1n) is 12.2. The molecule has 170 valence electrons. The fraction of sp³-hybridized carbons (Fsp3) is 0.161. The standard InChI is InChI=1S/C31H26N4/c32-19-23-20-33-21-28(26-14-7-6-13-25(26)22-9-2-1-3-10-22)31(23)35(24-11-4-5-12-24)30-16-8-15-29-27(30)17-18-34-29/h1-3,6-10,13-18,20-21,24,34H,4-5,11-12H2. The summed E-state index contributed by atoms with van der Waals surface area (Å²) in [5, 5.41) is 11.4. The van der Waals surface area contributed by atoms with Gasteiger partial charge in [-0.05, 0) is 47.7 Å². The first kappa shape index (κ1) is 21.2. The van der Waals surface area contributed by atoms with Gasteiger partial charge < -0.3 is 9.88 Å². The van der Waals surface area contributed by atoms with E-state index in [1.165, 1.54) is 18.2 Å². The van der Waals surface area contributed by atoms with Gasteiger partial charge in [-0.15, -0.1) is 0 Å². The largest absolute Gasteiger partial charge is 0.361 e. The molecule has 0 radical (unpaired) electrons. The summed E-state index contributed by atoms with van der Waals surface area (Å²) in [6.45, 7) is 0. The summed E-state index contributed by atoms with van der Waals surface area (Å²) in [7, 11) is 0. The van der Waals surface area contributed by atoms with Gasteiger partial charge in [-0.25, -0.2) is 0 Å². The molecule has 0 spiro atoms. The summed E-state index contributed by atoms with van der Waals surface area (Å²) in [5.74, 6) is 0. The zero-order valence-corrected chi connectivity index (χ0v) is 19.5. The monoisotopic (exact) mass is 454 g/mol. The first-order valence-corrected chi connectivity index (χ1v) is 12.2. The van der Waals surface area contributed by atoms with Gasteiger partial charge in [0.25, 0.3) is 0 Å². The van der Waals surface area contributed by atoms with Crippen LogP contribution in [0.1, 0.15) is 31.2 Å². The van der Waals surface area contributed by atoms with E-state index < -0.39 is 0 Å². The number of fused-ring (bicyclic) bond motifs is 1. The number of benzene rings is 3. The van der Waals surface area contributed by atoms with E-state index in [9.17, 15) is 5.26 Å². The lowest BCUT2D eigenvalue weighted by molar-refractivity contribution is 0.679. The minimum absolute atomic E-state index is 0.327. The SMILES string of the molecule is N#Cc1cncc(-c2ccccc2-c2ccccc2)c1N(c1cccc2[nH]ccc12)C1CCCC1. The van der Waals surface area contributed by atoms with Gasteiger partial charge >= 0.3 is 0 Å². The Bertz CT molecular complexity index is 1520. The van der Waals surface area contributed by atoms with Crippen LogP contribution in [0.3, 0.4) is 0 Å². The van der Waals surface area contributed by atoms with Gasteiger partial charge in [0.1, 0.15) is 6.07 Å². The molecule has 3 aromatic carbocycles. The maximum atomic E-state index is 10.3. The van der Waals surface area contributed by atoms with E-state index in [0.29, 0.717) is 11.6 Å². The summed E-state index contributed by atoms with van der Waals surface area (Å²) in [5.41, 5.74) is 8.15. The molecule has 0 saturated heterocycles. The van der Waals surface area contributed by atoms with Crippen LogP contribution in [-0.2, 0) is 0 Å². The van der Waals surface area contributed by atoms with E-state index in [1.807, 2.05) is 18.5 Å². The third-order valence-electron chi connectivity index (χ3n) is 7.10. The average molecular weight is 455 g/mol. The number of rotatable bonds is 5. The molecular weight excluding hydrogens is 428 g/mol. The van der Waals surface area contributed by atoms with Crippen LogP contribution in [-0.4, -0.2) is 16.0 Å². The van der Waals surface area contributed by atoms with E-state index >= 15 is 0 Å². The molecule has 1 aliphatic carbocycles. The van der Waals surface area contributed by atoms with Gasteiger partial charge in [-0.1, -0.05) is 73.5 Å². The van der Waals surface area contributed by atoms with Crippen LogP contribution >= 0.6 is 0 Å². The Morgan fingerprint density at radius 2 is 1.57 bits per heavy atom. The van der Waals surface area contributed by atoms with Gasteiger partial charge in [0, 0.05) is 41.1 Å². The molecule has 0 amide bonds. The van der Waals surface area contributed by atoms with Crippen LogP contribution in [0.4, 0.5) is 11.4 Å². The molecule has 5 aromatic rings. The molecule has 0 unspecified atom stereocenters. The van der Waals surface area contributed by atoms with E-state index in [-0.39, 0.29) is 0 Å². The van der Waals surface area contributed by atoms with Gasteiger partial charge in [0.2, 0.25) is 0 Å². The Kier molecular flexibility index (Phi) is 5.52. The van der Waals surface area contributed by atoms with Crippen molar-refractivity contribution in [1.29, 1.82) is 5.26 Å².